The summed E-state index contributed by atoms with van der Waals surface area (Å²) in [5, 5.41) is 5.36. The molecular formula is C15H21N3O3. The van der Waals surface area contributed by atoms with E-state index < -0.39 is 17.9 Å². The number of hydrogen-bond donors (Lipinski definition) is 3. The lowest BCUT2D eigenvalue weighted by Gasteiger charge is -2.23. The minimum absolute atomic E-state index is 0.245. The zero-order valence-electron chi connectivity index (χ0n) is 12.7. The standard InChI is InChI=1S/C15H21N3O3/c1-9(13(20)18-15(2,3)4)17-14(21)11-7-5-6-10(8-11)12(16)19/h5-9H,1-4H3,(H2,16,19)(H,17,21)(H,18,20). The number of hydrogen-bond acceptors (Lipinski definition) is 3. The van der Waals surface area contributed by atoms with E-state index in [2.05, 4.69) is 10.6 Å². The summed E-state index contributed by atoms with van der Waals surface area (Å²) in [5.74, 6) is -1.32. The number of nitrogens with one attached hydrogen (secondary N) is 2. The number of benzene rings is 1. The summed E-state index contributed by atoms with van der Waals surface area (Å²) in [6.07, 6.45) is 0. The fourth-order valence-corrected chi connectivity index (χ4v) is 1.64. The second kappa shape index (κ2) is 6.39. The van der Waals surface area contributed by atoms with E-state index in [0.717, 1.165) is 0 Å². The summed E-state index contributed by atoms with van der Waals surface area (Å²) in [7, 11) is 0. The molecule has 0 bridgehead atoms. The minimum atomic E-state index is -0.686. The maximum absolute atomic E-state index is 12.1. The molecule has 0 fully saturated rings. The van der Waals surface area contributed by atoms with E-state index in [0.29, 0.717) is 0 Å². The lowest BCUT2D eigenvalue weighted by molar-refractivity contribution is -0.124. The number of rotatable bonds is 4. The van der Waals surface area contributed by atoms with Gasteiger partial charge in [-0.2, -0.15) is 0 Å². The van der Waals surface area contributed by atoms with Gasteiger partial charge in [0.05, 0.1) is 0 Å². The van der Waals surface area contributed by atoms with Crippen molar-refractivity contribution in [3.8, 4) is 0 Å². The number of amides is 3. The molecule has 6 heteroatoms. The minimum Gasteiger partial charge on any atom is -0.366 e. The summed E-state index contributed by atoms with van der Waals surface area (Å²) < 4.78 is 0. The van der Waals surface area contributed by atoms with Gasteiger partial charge in [0.25, 0.3) is 5.91 Å². The summed E-state index contributed by atoms with van der Waals surface area (Å²) in [6.45, 7) is 7.16. The normalized spacial score (nSPS) is 12.4. The largest absolute Gasteiger partial charge is 0.366 e. The molecule has 0 heterocycles. The van der Waals surface area contributed by atoms with Crippen LogP contribution >= 0.6 is 0 Å². The first kappa shape index (κ1) is 16.7. The molecule has 0 aliphatic rings. The topological polar surface area (TPSA) is 101 Å². The molecule has 1 aromatic rings. The molecule has 0 spiro atoms. The van der Waals surface area contributed by atoms with Crippen LogP contribution < -0.4 is 16.4 Å². The molecule has 0 aromatic heterocycles. The third-order valence-corrected chi connectivity index (χ3v) is 2.65. The van der Waals surface area contributed by atoms with Gasteiger partial charge in [-0.25, -0.2) is 0 Å². The first-order valence-corrected chi connectivity index (χ1v) is 6.63. The smallest absolute Gasteiger partial charge is 0.251 e. The van der Waals surface area contributed by atoms with Gasteiger partial charge >= 0.3 is 0 Å². The van der Waals surface area contributed by atoms with E-state index in [1.165, 1.54) is 12.1 Å². The molecule has 0 saturated heterocycles. The van der Waals surface area contributed by atoms with Gasteiger partial charge in [-0.15, -0.1) is 0 Å². The van der Waals surface area contributed by atoms with Gasteiger partial charge in [-0.3, -0.25) is 14.4 Å². The number of carbonyl (C=O) groups is 3. The molecule has 1 aromatic carbocycles. The molecule has 1 rings (SSSR count). The van der Waals surface area contributed by atoms with Crippen LogP contribution in [0.2, 0.25) is 0 Å². The summed E-state index contributed by atoms with van der Waals surface area (Å²) in [5.41, 5.74) is 5.32. The Morgan fingerprint density at radius 2 is 1.71 bits per heavy atom. The lowest BCUT2D eigenvalue weighted by Crippen LogP contribution is -2.50. The molecule has 0 saturated carbocycles. The van der Waals surface area contributed by atoms with Crippen molar-refractivity contribution < 1.29 is 14.4 Å². The van der Waals surface area contributed by atoms with Crippen LogP contribution in [0.5, 0.6) is 0 Å². The van der Waals surface area contributed by atoms with Gasteiger partial charge in [-0.05, 0) is 45.9 Å². The molecule has 0 aliphatic heterocycles. The van der Waals surface area contributed by atoms with Crippen molar-refractivity contribution in [2.75, 3.05) is 0 Å². The monoisotopic (exact) mass is 291 g/mol. The van der Waals surface area contributed by atoms with Crippen LogP contribution in [0.4, 0.5) is 0 Å². The quantitative estimate of drug-likeness (QED) is 0.765. The van der Waals surface area contributed by atoms with Gasteiger partial charge in [0, 0.05) is 16.7 Å². The molecule has 21 heavy (non-hydrogen) atoms. The van der Waals surface area contributed by atoms with Crippen LogP contribution in [0.15, 0.2) is 24.3 Å². The van der Waals surface area contributed by atoms with Crippen molar-refractivity contribution in [3.63, 3.8) is 0 Å². The highest BCUT2D eigenvalue weighted by atomic mass is 16.2. The Morgan fingerprint density at radius 1 is 1.14 bits per heavy atom. The Morgan fingerprint density at radius 3 is 2.24 bits per heavy atom. The average molecular weight is 291 g/mol. The first-order chi connectivity index (χ1) is 9.60. The Kier molecular flexibility index (Phi) is 5.07. The van der Waals surface area contributed by atoms with Gasteiger partial charge in [0.1, 0.15) is 6.04 Å². The van der Waals surface area contributed by atoms with E-state index in [9.17, 15) is 14.4 Å². The Balaban J connectivity index is 2.75. The zero-order valence-corrected chi connectivity index (χ0v) is 12.7. The van der Waals surface area contributed by atoms with Gasteiger partial charge in [-0.1, -0.05) is 6.07 Å². The summed E-state index contributed by atoms with van der Waals surface area (Å²) >= 11 is 0. The molecule has 0 aliphatic carbocycles. The van der Waals surface area contributed by atoms with E-state index in [1.54, 1.807) is 19.1 Å². The highest BCUT2D eigenvalue weighted by Gasteiger charge is 2.21. The van der Waals surface area contributed by atoms with Crippen molar-refractivity contribution in [1.82, 2.24) is 10.6 Å². The van der Waals surface area contributed by atoms with E-state index in [-0.39, 0.29) is 22.6 Å². The number of nitrogens with two attached hydrogens (primary N) is 1. The van der Waals surface area contributed by atoms with Crippen LogP contribution in [0, 0.1) is 0 Å². The third-order valence-electron chi connectivity index (χ3n) is 2.65. The predicted octanol–water partition coefficient (Wildman–Crippen LogP) is 0.819. The van der Waals surface area contributed by atoms with Crippen molar-refractivity contribution >= 4 is 17.7 Å². The van der Waals surface area contributed by atoms with Gasteiger partial charge < -0.3 is 16.4 Å². The molecular weight excluding hydrogens is 270 g/mol. The van der Waals surface area contributed by atoms with Gasteiger partial charge in [0.15, 0.2) is 0 Å². The molecule has 0 radical (unpaired) electrons. The SMILES string of the molecule is CC(NC(=O)c1cccc(C(N)=O)c1)C(=O)NC(C)(C)C. The molecule has 114 valence electrons. The highest BCUT2D eigenvalue weighted by Crippen LogP contribution is 2.05. The van der Waals surface area contributed by atoms with E-state index >= 15 is 0 Å². The average Bonchev–Trinajstić information content (AvgIpc) is 2.36. The van der Waals surface area contributed by atoms with Crippen LogP contribution in [-0.4, -0.2) is 29.3 Å². The van der Waals surface area contributed by atoms with E-state index in [1.807, 2.05) is 20.8 Å². The molecule has 1 unspecified atom stereocenters. The first-order valence-electron chi connectivity index (χ1n) is 6.63. The highest BCUT2D eigenvalue weighted by molar-refractivity contribution is 6.00. The molecule has 3 amide bonds. The van der Waals surface area contributed by atoms with Crippen molar-refractivity contribution in [2.24, 2.45) is 5.73 Å². The van der Waals surface area contributed by atoms with Crippen molar-refractivity contribution in [3.05, 3.63) is 35.4 Å². The second-order valence-electron chi connectivity index (χ2n) is 5.88. The zero-order chi connectivity index (χ0) is 16.2. The summed E-state index contributed by atoms with van der Waals surface area (Å²) in [6, 6.07) is 5.35. The Hall–Kier alpha value is -2.37. The van der Waals surface area contributed by atoms with Crippen LogP contribution in [0.1, 0.15) is 48.4 Å². The number of carbonyl (C=O) groups excluding carboxylic acids is 3. The maximum atomic E-state index is 12.1. The third kappa shape index (κ3) is 5.25. The van der Waals surface area contributed by atoms with Crippen LogP contribution in [0.25, 0.3) is 0 Å². The molecule has 6 nitrogen and oxygen atoms in total. The predicted molar refractivity (Wildman–Crippen MR) is 79.8 cm³/mol. The fraction of sp³-hybridized carbons (Fsp3) is 0.400. The van der Waals surface area contributed by atoms with Gasteiger partial charge in [0.2, 0.25) is 11.8 Å². The molecule has 1 atom stereocenters. The van der Waals surface area contributed by atoms with Crippen LogP contribution in [-0.2, 0) is 4.79 Å². The van der Waals surface area contributed by atoms with Crippen molar-refractivity contribution in [1.29, 1.82) is 0 Å². The maximum Gasteiger partial charge on any atom is 0.251 e. The molecule has 4 N–H and O–H groups in total. The summed E-state index contributed by atoms with van der Waals surface area (Å²) in [4.78, 5) is 35.0. The number of primary amides is 1. The van der Waals surface area contributed by atoms with Crippen molar-refractivity contribution in [2.45, 2.75) is 39.3 Å². The Bertz CT molecular complexity index is 562. The second-order valence-corrected chi connectivity index (χ2v) is 5.88. The Labute approximate surface area is 124 Å². The lowest BCUT2D eigenvalue weighted by atomic mass is 10.1. The van der Waals surface area contributed by atoms with Crippen LogP contribution in [0.3, 0.4) is 0 Å². The van der Waals surface area contributed by atoms with E-state index in [4.69, 9.17) is 5.73 Å². The fourth-order valence-electron chi connectivity index (χ4n) is 1.64.